The highest BCUT2D eigenvalue weighted by Gasteiger charge is 2.50. The third-order valence-electron chi connectivity index (χ3n) is 5.38. The van der Waals surface area contributed by atoms with Crippen LogP contribution in [0.15, 0.2) is 97.1 Å². The number of ketones is 1. The molecule has 0 saturated carbocycles. The lowest BCUT2D eigenvalue weighted by atomic mass is 9.90. The average Bonchev–Trinajstić information content (AvgIpc) is 2.99. The van der Waals surface area contributed by atoms with Crippen LogP contribution in [0.25, 0.3) is 6.08 Å². The Hall–Kier alpha value is -3.83. The number of nitrogens with zero attached hydrogens (tertiary/aromatic N) is 1. The Labute approximate surface area is 185 Å². The molecule has 3 aromatic rings. The summed E-state index contributed by atoms with van der Waals surface area (Å²) in [6.45, 7) is 0.0970. The van der Waals surface area contributed by atoms with Crippen molar-refractivity contribution in [1.29, 1.82) is 0 Å². The largest absolute Gasteiger partial charge is 0.375 e. The van der Waals surface area contributed by atoms with Crippen LogP contribution in [0, 0.1) is 5.82 Å². The minimum atomic E-state index is -1.96. The number of fused-ring (bicyclic) bond motifs is 1. The summed E-state index contributed by atoms with van der Waals surface area (Å²) in [4.78, 5) is 27.2. The van der Waals surface area contributed by atoms with Crippen LogP contribution in [-0.2, 0) is 21.7 Å². The lowest BCUT2D eigenvalue weighted by Gasteiger charge is -2.22. The minimum Gasteiger partial charge on any atom is -0.375 e. The first kappa shape index (κ1) is 21.4. The number of anilines is 1. The molecular formula is C27H22FNO3. The van der Waals surface area contributed by atoms with Gasteiger partial charge in [-0.15, -0.1) is 0 Å². The van der Waals surface area contributed by atoms with Crippen molar-refractivity contribution in [2.75, 3.05) is 4.90 Å². The maximum absolute atomic E-state index is 13.6. The summed E-state index contributed by atoms with van der Waals surface area (Å²) >= 11 is 0. The molecule has 32 heavy (non-hydrogen) atoms. The van der Waals surface area contributed by atoms with Gasteiger partial charge in [0.25, 0.3) is 5.91 Å². The predicted molar refractivity (Wildman–Crippen MR) is 122 cm³/mol. The van der Waals surface area contributed by atoms with Gasteiger partial charge >= 0.3 is 0 Å². The van der Waals surface area contributed by atoms with Gasteiger partial charge < -0.3 is 10.0 Å². The van der Waals surface area contributed by atoms with Crippen molar-refractivity contribution in [2.45, 2.75) is 18.6 Å². The van der Waals surface area contributed by atoms with Gasteiger partial charge in [-0.1, -0.05) is 78.9 Å². The molecule has 4 nitrogen and oxygen atoms in total. The number of hydrogen-bond donors (Lipinski definition) is 1. The van der Waals surface area contributed by atoms with E-state index >= 15 is 0 Å². The van der Waals surface area contributed by atoms with Gasteiger partial charge in [0.2, 0.25) is 0 Å². The topological polar surface area (TPSA) is 57.6 Å². The van der Waals surface area contributed by atoms with Crippen LogP contribution in [0.5, 0.6) is 0 Å². The van der Waals surface area contributed by atoms with Crippen molar-refractivity contribution >= 4 is 23.5 Å². The van der Waals surface area contributed by atoms with Crippen LogP contribution in [0.2, 0.25) is 0 Å². The summed E-state index contributed by atoms with van der Waals surface area (Å²) in [5, 5.41) is 11.3. The van der Waals surface area contributed by atoms with Crippen molar-refractivity contribution in [3.05, 3.63) is 120 Å². The standard InChI is InChI=1S/C27H22FNO3/c28-22-13-8-12-21(17-22)19-29-25-16-7-6-15-24(25)27(32,26(29)31)18-23(30)14-5-4-11-20-9-2-1-3-10-20/h1-17,32H,18-19H2/b11-4+,14-5+/t27-/m1/s1. The fourth-order valence-electron chi connectivity index (χ4n) is 3.86. The monoisotopic (exact) mass is 427 g/mol. The fraction of sp³-hybridized carbons (Fsp3) is 0.111. The highest BCUT2D eigenvalue weighted by molar-refractivity contribution is 6.09. The van der Waals surface area contributed by atoms with Crippen LogP contribution in [0.3, 0.4) is 0 Å². The van der Waals surface area contributed by atoms with Gasteiger partial charge in [-0.05, 0) is 35.4 Å². The highest BCUT2D eigenvalue weighted by Crippen LogP contribution is 2.43. The zero-order valence-corrected chi connectivity index (χ0v) is 17.3. The van der Waals surface area contributed by atoms with Gasteiger partial charge in [0.15, 0.2) is 11.4 Å². The molecule has 1 amide bonds. The molecule has 160 valence electrons. The second kappa shape index (κ2) is 9.12. The van der Waals surface area contributed by atoms with E-state index < -0.39 is 17.3 Å². The molecule has 1 heterocycles. The Morgan fingerprint density at radius 2 is 1.72 bits per heavy atom. The molecule has 0 bridgehead atoms. The van der Waals surface area contributed by atoms with E-state index in [4.69, 9.17) is 0 Å². The van der Waals surface area contributed by atoms with Gasteiger partial charge in [-0.25, -0.2) is 4.39 Å². The van der Waals surface area contributed by atoms with E-state index in [2.05, 4.69) is 0 Å². The summed E-state index contributed by atoms with van der Waals surface area (Å²) in [6.07, 6.45) is 6.16. The first-order valence-corrected chi connectivity index (χ1v) is 10.3. The number of benzene rings is 3. The normalized spacial score (nSPS) is 17.9. The van der Waals surface area contributed by atoms with Crippen molar-refractivity contribution in [2.24, 2.45) is 0 Å². The molecular weight excluding hydrogens is 405 g/mol. The second-order valence-corrected chi connectivity index (χ2v) is 7.67. The van der Waals surface area contributed by atoms with Crippen molar-refractivity contribution in [3.8, 4) is 0 Å². The van der Waals surface area contributed by atoms with Gasteiger partial charge in [0.05, 0.1) is 18.7 Å². The summed E-state index contributed by atoms with van der Waals surface area (Å²) in [5.41, 5.74) is 0.521. The lowest BCUT2D eigenvalue weighted by molar-refractivity contribution is -0.140. The number of para-hydroxylation sites is 1. The Kier molecular flexibility index (Phi) is 6.10. The van der Waals surface area contributed by atoms with Crippen LogP contribution < -0.4 is 4.90 Å². The first-order chi connectivity index (χ1) is 15.5. The number of carbonyl (C=O) groups is 2. The Bertz CT molecular complexity index is 1200. The molecule has 1 N–H and O–H groups in total. The fourth-order valence-corrected chi connectivity index (χ4v) is 3.86. The molecule has 0 spiro atoms. The van der Waals surface area contributed by atoms with Crippen molar-refractivity contribution in [1.82, 2.24) is 0 Å². The number of aliphatic hydroxyl groups is 1. The minimum absolute atomic E-state index is 0.0970. The highest BCUT2D eigenvalue weighted by atomic mass is 19.1. The zero-order chi connectivity index (χ0) is 22.6. The van der Waals surface area contributed by atoms with Crippen LogP contribution in [0.1, 0.15) is 23.1 Å². The van der Waals surface area contributed by atoms with E-state index in [-0.39, 0.29) is 18.7 Å². The molecule has 5 heteroatoms. The van der Waals surface area contributed by atoms with Gasteiger partial charge in [0, 0.05) is 5.56 Å². The second-order valence-electron chi connectivity index (χ2n) is 7.67. The molecule has 0 unspecified atom stereocenters. The van der Waals surface area contributed by atoms with E-state index in [1.807, 2.05) is 36.4 Å². The number of hydrogen-bond acceptors (Lipinski definition) is 3. The lowest BCUT2D eigenvalue weighted by Crippen LogP contribution is -2.41. The molecule has 1 aliphatic heterocycles. The number of halogens is 1. The molecule has 0 aromatic heterocycles. The van der Waals surface area contributed by atoms with E-state index in [0.29, 0.717) is 16.8 Å². The predicted octanol–water partition coefficient (Wildman–Crippen LogP) is 4.79. The van der Waals surface area contributed by atoms with Crippen LogP contribution in [0.4, 0.5) is 10.1 Å². The molecule has 0 radical (unpaired) electrons. The number of rotatable bonds is 7. The SMILES string of the molecule is O=C(/C=C/C=C/c1ccccc1)C[C@]1(O)C(=O)N(Cc2cccc(F)c2)c2ccccc21. The van der Waals surface area contributed by atoms with E-state index in [1.165, 1.54) is 23.1 Å². The number of allylic oxidation sites excluding steroid dienone is 3. The Morgan fingerprint density at radius 1 is 0.969 bits per heavy atom. The Morgan fingerprint density at radius 3 is 2.50 bits per heavy atom. The summed E-state index contributed by atoms with van der Waals surface area (Å²) in [7, 11) is 0. The zero-order valence-electron chi connectivity index (χ0n) is 17.3. The summed E-state index contributed by atoms with van der Waals surface area (Å²) in [5.74, 6) is -1.37. The van der Waals surface area contributed by atoms with Gasteiger partial charge in [0.1, 0.15) is 5.82 Å². The third kappa shape index (κ3) is 4.43. The third-order valence-corrected chi connectivity index (χ3v) is 5.38. The Balaban J connectivity index is 1.52. The summed E-state index contributed by atoms with van der Waals surface area (Å²) in [6, 6.07) is 22.4. The van der Waals surface area contributed by atoms with Crippen LogP contribution in [-0.4, -0.2) is 16.8 Å². The maximum Gasteiger partial charge on any atom is 0.264 e. The molecule has 3 aromatic carbocycles. The quantitative estimate of drug-likeness (QED) is 0.436. The number of amides is 1. The summed E-state index contributed by atoms with van der Waals surface area (Å²) < 4.78 is 13.6. The maximum atomic E-state index is 13.6. The molecule has 0 aliphatic carbocycles. The first-order valence-electron chi connectivity index (χ1n) is 10.3. The molecule has 1 atom stereocenters. The number of carbonyl (C=O) groups excluding carboxylic acids is 2. The molecule has 0 saturated heterocycles. The van der Waals surface area contributed by atoms with E-state index in [0.717, 1.165) is 5.56 Å². The van der Waals surface area contributed by atoms with Gasteiger partial charge in [-0.3, -0.25) is 9.59 Å². The molecule has 0 fully saturated rings. The van der Waals surface area contributed by atoms with E-state index in [9.17, 15) is 19.1 Å². The van der Waals surface area contributed by atoms with Crippen molar-refractivity contribution < 1.29 is 19.1 Å². The average molecular weight is 427 g/mol. The molecule has 4 rings (SSSR count). The van der Waals surface area contributed by atoms with Crippen molar-refractivity contribution in [3.63, 3.8) is 0 Å². The van der Waals surface area contributed by atoms with Gasteiger partial charge in [-0.2, -0.15) is 0 Å². The molecule has 1 aliphatic rings. The smallest absolute Gasteiger partial charge is 0.264 e. The van der Waals surface area contributed by atoms with Crippen LogP contribution >= 0.6 is 0 Å². The van der Waals surface area contributed by atoms with E-state index in [1.54, 1.807) is 48.6 Å².